The second-order valence-electron chi connectivity index (χ2n) is 2.96. The molecule has 82 valence electrons. The molecule has 0 aromatic heterocycles. The van der Waals surface area contributed by atoms with Gasteiger partial charge in [0.05, 0.1) is 19.8 Å². The van der Waals surface area contributed by atoms with Gasteiger partial charge >= 0.3 is 0 Å². The van der Waals surface area contributed by atoms with Crippen LogP contribution in [-0.4, -0.2) is 25.8 Å². The third-order valence-corrected chi connectivity index (χ3v) is 2.27. The van der Waals surface area contributed by atoms with Crippen molar-refractivity contribution >= 4 is 18.4 Å². The number of benzene rings is 1. The minimum Gasteiger partial charge on any atom is -0.497 e. The van der Waals surface area contributed by atoms with Gasteiger partial charge in [-0.1, -0.05) is 0 Å². The maximum atomic E-state index is 11.7. The highest BCUT2D eigenvalue weighted by molar-refractivity contribution is 7.80. The Labute approximate surface area is 94.8 Å². The lowest BCUT2D eigenvalue weighted by Crippen LogP contribution is -2.03. The van der Waals surface area contributed by atoms with Gasteiger partial charge in [0.1, 0.15) is 11.5 Å². The van der Waals surface area contributed by atoms with Crippen molar-refractivity contribution in [2.24, 2.45) is 0 Å². The fourth-order valence-electron chi connectivity index (χ4n) is 1.27. The quantitative estimate of drug-likeness (QED) is 0.617. The van der Waals surface area contributed by atoms with Crippen molar-refractivity contribution < 1.29 is 14.3 Å². The molecule has 15 heavy (non-hydrogen) atoms. The molecule has 0 fully saturated rings. The molecule has 1 aromatic carbocycles. The van der Waals surface area contributed by atoms with Crippen molar-refractivity contribution in [3.63, 3.8) is 0 Å². The number of carbonyl (C=O) groups is 1. The first kappa shape index (κ1) is 11.9. The maximum Gasteiger partial charge on any atom is 0.167 e. The second kappa shape index (κ2) is 5.66. The van der Waals surface area contributed by atoms with Crippen LogP contribution in [0.3, 0.4) is 0 Å². The summed E-state index contributed by atoms with van der Waals surface area (Å²) in [6.07, 6.45) is 0.395. The van der Waals surface area contributed by atoms with Gasteiger partial charge in [0.25, 0.3) is 0 Å². The number of ketones is 1. The summed E-state index contributed by atoms with van der Waals surface area (Å²) in [5.41, 5.74) is 0.547. The zero-order chi connectivity index (χ0) is 11.3. The van der Waals surface area contributed by atoms with Gasteiger partial charge in [0.15, 0.2) is 5.78 Å². The molecule has 0 N–H and O–H groups in total. The molecule has 0 saturated heterocycles. The molecule has 4 heteroatoms. The fourth-order valence-corrected chi connectivity index (χ4v) is 1.47. The first-order valence-electron chi connectivity index (χ1n) is 4.59. The fraction of sp³-hybridized carbons (Fsp3) is 0.364. The van der Waals surface area contributed by atoms with E-state index < -0.39 is 0 Å². The van der Waals surface area contributed by atoms with Gasteiger partial charge in [-0.15, -0.1) is 0 Å². The molecule has 0 aliphatic carbocycles. The highest BCUT2D eigenvalue weighted by Crippen LogP contribution is 2.25. The van der Waals surface area contributed by atoms with E-state index in [0.717, 1.165) is 0 Å². The van der Waals surface area contributed by atoms with Gasteiger partial charge in [0, 0.05) is 6.42 Å². The molecule has 0 spiro atoms. The Morgan fingerprint density at radius 1 is 1.33 bits per heavy atom. The number of hydrogen-bond donors (Lipinski definition) is 1. The predicted molar refractivity (Wildman–Crippen MR) is 62.3 cm³/mol. The van der Waals surface area contributed by atoms with Crippen LogP contribution in [0.25, 0.3) is 0 Å². The largest absolute Gasteiger partial charge is 0.497 e. The highest BCUT2D eigenvalue weighted by Gasteiger charge is 2.12. The average molecular weight is 226 g/mol. The molecule has 0 unspecified atom stereocenters. The third kappa shape index (κ3) is 2.89. The van der Waals surface area contributed by atoms with Crippen LogP contribution in [0, 0.1) is 0 Å². The lowest BCUT2D eigenvalue weighted by molar-refractivity contribution is 0.0986. The summed E-state index contributed by atoms with van der Waals surface area (Å²) in [5.74, 6) is 1.76. The van der Waals surface area contributed by atoms with E-state index in [4.69, 9.17) is 9.47 Å². The van der Waals surface area contributed by atoms with Gasteiger partial charge < -0.3 is 9.47 Å². The highest BCUT2D eigenvalue weighted by atomic mass is 32.1. The minimum atomic E-state index is 0.0146. The number of thiol groups is 1. The van der Waals surface area contributed by atoms with Crippen LogP contribution < -0.4 is 9.47 Å². The van der Waals surface area contributed by atoms with Crippen molar-refractivity contribution in [1.29, 1.82) is 0 Å². The van der Waals surface area contributed by atoms with Gasteiger partial charge in [-0.05, 0) is 24.0 Å². The lowest BCUT2D eigenvalue weighted by Gasteiger charge is -2.08. The van der Waals surface area contributed by atoms with Crippen molar-refractivity contribution in [3.05, 3.63) is 23.8 Å². The average Bonchev–Trinajstić information content (AvgIpc) is 2.28. The number of hydrogen-bond acceptors (Lipinski definition) is 4. The Kier molecular flexibility index (Phi) is 4.49. The minimum absolute atomic E-state index is 0.0146. The van der Waals surface area contributed by atoms with E-state index in [1.165, 1.54) is 0 Å². The molecule has 1 aromatic rings. The molecule has 0 saturated carbocycles. The molecule has 0 atom stereocenters. The van der Waals surface area contributed by atoms with E-state index in [-0.39, 0.29) is 5.78 Å². The zero-order valence-electron chi connectivity index (χ0n) is 8.82. The van der Waals surface area contributed by atoms with Crippen molar-refractivity contribution in [3.8, 4) is 11.5 Å². The van der Waals surface area contributed by atoms with Crippen LogP contribution in [-0.2, 0) is 0 Å². The number of methoxy groups -OCH3 is 2. The molecule has 3 nitrogen and oxygen atoms in total. The summed E-state index contributed by atoms with van der Waals surface area (Å²) in [4.78, 5) is 11.7. The normalized spacial score (nSPS) is 9.80. The summed E-state index contributed by atoms with van der Waals surface area (Å²) in [7, 11) is 3.11. The number of rotatable bonds is 5. The van der Waals surface area contributed by atoms with Crippen LogP contribution in [0.1, 0.15) is 16.8 Å². The first-order chi connectivity index (χ1) is 7.22. The molecule has 0 bridgehead atoms. The van der Waals surface area contributed by atoms with Gasteiger partial charge in [0.2, 0.25) is 0 Å². The van der Waals surface area contributed by atoms with Crippen molar-refractivity contribution in [1.82, 2.24) is 0 Å². The molecular weight excluding hydrogens is 212 g/mol. The number of Topliss-reactive ketones (excluding diaryl/α,β-unsaturated/α-hetero) is 1. The number of carbonyl (C=O) groups excluding carboxylic acids is 1. The Balaban J connectivity index is 3.05. The van der Waals surface area contributed by atoms with Crippen molar-refractivity contribution in [2.75, 3.05) is 20.0 Å². The number of ether oxygens (including phenoxy) is 2. The summed E-state index contributed by atoms with van der Waals surface area (Å²) in [5, 5.41) is 0. The smallest absolute Gasteiger partial charge is 0.167 e. The monoisotopic (exact) mass is 226 g/mol. The summed E-state index contributed by atoms with van der Waals surface area (Å²) in [6.45, 7) is 0. The van der Waals surface area contributed by atoms with Crippen molar-refractivity contribution in [2.45, 2.75) is 6.42 Å². The van der Waals surface area contributed by atoms with E-state index in [0.29, 0.717) is 29.2 Å². The molecule has 0 radical (unpaired) electrons. The van der Waals surface area contributed by atoms with Crippen LogP contribution in [0.5, 0.6) is 11.5 Å². The van der Waals surface area contributed by atoms with E-state index in [1.54, 1.807) is 32.4 Å². The Morgan fingerprint density at radius 3 is 2.60 bits per heavy atom. The standard InChI is InChI=1S/C11H14O3S/c1-13-8-3-4-11(14-2)9(7-8)10(12)5-6-15/h3-4,7,15H,5-6H2,1-2H3. The summed E-state index contributed by atoms with van der Waals surface area (Å²) in [6, 6.07) is 5.17. The van der Waals surface area contributed by atoms with E-state index in [1.807, 2.05) is 0 Å². The predicted octanol–water partition coefficient (Wildman–Crippen LogP) is 2.21. The van der Waals surface area contributed by atoms with Crippen LogP contribution in [0.15, 0.2) is 18.2 Å². The summed E-state index contributed by atoms with van der Waals surface area (Å²) < 4.78 is 10.2. The third-order valence-electron chi connectivity index (χ3n) is 2.05. The van der Waals surface area contributed by atoms with E-state index in [2.05, 4.69) is 12.6 Å². The van der Waals surface area contributed by atoms with Crippen LogP contribution in [0.2, 0.25) is 0 Å². The lowest BCUT2D eigenvalue weighted by atomic mass is 10.1. The van der Waals surface area contributed by atoms with Gasteiger partial charge in [-0.3, -0.25) is 4.79 Å². The van der Waals surface area contributed by atoms with E-state index >= 15 is 0 Å². The van der Waals surface area contributed by atoms with Crippen LogP contribution >= 0.6 is 12.6 Å². The topological polar surface area (TPSA) is 35.5 Å². The molecule has 0 amide bonds. The molecule has 0 aliphatic rings. The molecule has 0 heterocycles. The zero-order valence-corrected chi connectivity index (χ0v) is 9.71. The Morgan fingerprint density at radius 2 is 2.07 bits per heavy atom. The maximum absolute atomic E-state index is 11.7. The Hall–Kier alpha value is -1.16. The molecule has 1 rings (SSSR count). The Bertz CT molecular complexity index is 350. The second-order valence-corrected chi connectivity index (χ2v) is 3.41. The molecular formula is C11H14O3S. The molecule has 0 aliphatic heterocycles. The first-order valence-corrected chi connectivity index (χ1v) is 5.22. The summed E-state index contributed by atoms with van der Waals surface area (Å²) >= 11 is 4.03. The van der Waals surface area contributed by atoms with E-state index in [9.17, 15) is 4.79 Å². The van der Waals surface area contributed by atoms with Gasteiger partial charge in [-0.25, -0.2) is 0 Å². The van der Waals surface area contributed by atoms with Crippen LogP contribution in [0.4, 0.5) is 0 Å². The SMILES string of the molecule is COc1ccc(OC)c(C(=O)CCS)c1. The van der Waals surface area contributed by atoms with Gasteiger partial charge in [-0.2, -0.15) is 12.6 Å².